The van der Waals surface area contributed by atoms with Crippen LogP contribution in [-0.2, 0) is 11.3 Å². The smallest absolute Gasteiger partial charge is 0.274 e. The Morgan fingerprint density at radius 3 is 2.68 bits per heavy atom. The maximum absolute atomic E-state index is 14.0. The van der Waals surface area contributed by atoms with Gasteiger partial charge in [-0.05, 0) is 49.1 Å². The number of nitrogens with zero attached hydrogens (tertiary/aromatic N) is 5. The van der Waals surface area contributed by atoms with Gasteiger partial charge < -0.3 is 19.6 Å². The van der Waals surface area contributed by atoms with Gasteiger partial charge in [-0.25, -0.2) is 9.37 Å². The summed E-state index contributed by atoms with van der Waals surface area (Å²) >= 11 is 0. The van der Waals surface area contributed by atoms with Crippen molar-refractivity contribution in [2.45, 2.75) is 76.2 Å². The molecule has 2 bridgehead atoms. The van der Waals surface area contributed by atoms with Gasteiger partial charge in [0, 0.05) is 61.9 Å². The number of hydrogen-bond donors (Lipinski definition) is 1. The van der Waals surface area contributed by atoms with Crippen LogP contribution in [0.4, 0.5) is 4.39 Å². The number of amides is 2. The van der Waals surface area contributed by atoms with Gasteiger partial charge in [-0.1, -0.05) is 6.92 Å². The number of hydrogen-bond acceptors (Lipinski definition) is 6. The molecule has 4 fully saturated rings. The second-order valence-electron chi connectivity index (χ2n) is 11.7. The number of carbonyl (C=O) groups excluding carboxylic acids is 2. The first-order valence-electron chi connectivity index (χ1n) is 13.4. The molecule has 196 valence electrons. The van der Waals surface area contributed by atoms with Gasteiger partial charge in [-0.3, -0.25) is 14.3 Å². The highest BCUT2D eigenvalue weighted by molar-refractivity contribution is 5.96. The number of likely N-dealkylation sites (tertiary alicyclic amines) is 2. The molecule has 4 heterocycles. The predicted octanol–water partition coefficient (Wildman–Crippen LogP) is 2.30. The molecule has 0 spiro atoms. The topological polar surface area (TPSA) is 101 Å². The van der Waals surface area contributed by atoms with E-state index in [2.05, 4.69) is 11.9 Å². The largest absolute Gasteiger partial charge is 0.472 e. The number of rotatable bonds is 5. The van der Waals surface area contributed by atoms with E-state index in [1.807, 2.05) is 11.8 Å². The zero-order valence-corrected chi connectivity index (χ0v) is 21.1. The molecule has 6 atom stereocenters. The molecule has 2 aromatic heterocycles. The van der Waals surface area contributed by atoms with E-state index in [4.69, 9.17) is 9.84 Å². The molecule has 37 heavy (non-hydrogen) atoms. The third-order valence-electron chi connectivity index (χ3n) is 9.58. The molecule has 2 aromatic rings. The molecule has 10 heteroatoms. The van der Waals surface area contributed by atoms with Gasteiger partial charge in [-0.15, -0.1) is 0 Å². The molecule has 0 radical (unpaired) electrons. The summed E-state index contributed by atoms with van der Waals surface area (Å²) in [5.41, 5.74) is 2.91. The van der Waals surface area contributed by atoms with E-state index in [9.17, 15) is 19.1 Å². The van der Waals surface area contributed by atoms with Crippen LogP contribution in [0.15, 0.2) is 18.3 Å². The summed E-state index contributed by atoms with van der Waals surface area (Å²) in [4.78, 5) is 34.5. The van der Waals surface area contributed by atoms with E-state index in [1.165, 1.54) is 18.3 Å². The quantitative estimate of drug-likeness (QED) is 0.664. The normalized spacial score (nSPS) is 33.7. The molecule has 8 rings (SSSR count). The van der Waals surface area contributed by atoms with Crippen molar-refractivity contribution in [3.63, 3.8) is 0 Å². The maximum Gasteiger partial charge on any atom is 0.274 e. The van der Waals surface area contributed by atoms with E-state index >= 15 is 0 Å². The number of aromatic nitrogens is 3. The zero-order chi connectivity index (χ0) is 25.6. The average Bonchev–Trinajstić information content (AvgIpc) is 3.42. The third kappa shape index (κ3) is 3.37. The fourth-order valence-electron chi connectivity index (χ4n) is 7.42. The number of pyridine rings is 1. The minimum absolute atomic E-state index is 0.00183. The van der Waals surface area contributed by atoms with Crippen molar-refractivity contribution in [1.82, 2.24) is 24.6 Å². The molecule has 2 saturated carbocycles. The van der Waals surface area contributed by atoms with Crippen molar-refractivity contribution in [3.05, 3.63) is 41.1 Å². The first-order chi connectivity index (χ1) is 17.8. The van der Waals surface area contributed by atoms with Crippen molar-refractivity contribution in [1.29, 1.82) is 0 Å². The molecule has 4 aliphatic carbocycles. The van der Waals surface area contributed by atoms with E-state index in [0.717, 1.165) is 11.3 Å². The Hall–Kier alpha value is -3.01. The van der Waals surface area contributed by atoms with Crippen LogP contribution in [0, 0.1) is 17.2 Å². The Bertz CT molecular complexity index is 1290. The first kappa shape index (κ1) is 23.1. The Balaban J connectivity index is 1.06. The van der Waals surface area contributed by atoms with Crippen LogP contribution in [0.3, 0.4) is 0 Å². The molecule has 2 aliphatic heterocycles. The summed E-state index contributed by atoms with van der Waals surface area (Å²) in [6.45, 7) is 5.96. The van der Waals surface area contributed by atoms with E-state index < -0.39 is 5.82 Å². The Kier molecular flexibility index (Phi) is 5.00. The second kappa shape index (κ2) is 7.99. The van der Waals surface area contributed by atoms with Gasteiger partial charge >= 0.3 is 0 Å². The summed E-state index contributed by atoms with van der Waals surface area (Å²) in [7, 11) is 0. The molecule has 0 aromatic carbocycles. The van der Waals surface area contributed by atoms with Crippen LogP contribution >= 0.6 is 0 Å². The second-order valence-corrected chi connectivity index (χ2v) is 11.7. The van der Waals surface area contributed by atoms with Crippen LogP contribution in [-0.4, -0.2) is 79.4 Å². The molecule has 9 nitrogen and oxygen atoms in total. The van der Waals surface area contributed by atoms with E-state index in [0.29, 0.717) is 68.8 Å². The van der Waals surface area contributed by atoms with Gasteiger partial charge in [-0.2, -0.15) is 5.10 Å². The van der Waals surface area contributed by atoms with Crippen LogP contribution in [0.1, 0.15) is 73.1 Å². The Morgan fingerprint density at radius 1 is 1.22 bits per heavy atom. The summed E-state index contributed by atoms with van der Waals surface area (Å²) in [6.07, 6.45) is 3.31. The van der Waals surface area contributed by atoms with Gasteiger partial charge in [0.2, 0.25) is 5.91 Å². The van der Waals surface area contributed by atoms with Gasteiger partial charge in [0.15, 0.2) is 11.5 Å². The summed E-state index contributed by atoms with van der Waals surface area (Å²) < 4.78 is 21.6. The molecule has 2 saturated heterocycles. The predicted molar refractivity (Wildman–Crippen MR) is 129 cm³/mol. The van der Waals surface area contributed by atoms with Crippen molar-refractivity contribution in [3.8, 4) is 5.88 Å². The highest BCUT2D eigenvalue weighted by atomic mass is 19.1. The summed E-state index contributed by atoms with van der Waals surface area (Å²) in [5, 5.41) is 14.6. The number of carbonyl (C=O) groups is 2. The standard InChI is InChI=1S/C27H32FN5O4/c1-14-12-16(37-25-17(28)4-3-8-29-25)7-11-32(14)18(35)13-33-24-19(20-21-22(24)27(20,21)2)23(30-33)26(36)31-9-5-15(34)6-10-31/h3-4,8,14-16,20-22,34H,5-7,9-13H2,1-2H3/t14-,16-,20+,21+,22?,27+/m1/s1. The fraction of sp³-hybridized carbons (Fsp3) is 0.630. The first-order valence-corrected chi connectivity index (χ1v) is 13.4. The lowest BCUT2D eigenvalue weighted by Crippen LogP contribution is -2.48. The van der Waals surface area contributed by atoms with Gasteiger partial charge in [0.25, 0.3) is 11.8 Å². The Labute approximate surface area is 214 Å². The van der Waals surface area contributed by atoms with Crippen LogP contribution < -0.4 is 4.74 Å². The number of aliphatic hydroxyl groups excluding tert-OH is 1. The maximum atomic E-state index is 14.0. The number of halogens is 1. The number of aliphatic hydroxyl groups is 1. The van der Waals surface area contributed by atoms with Gasteiger partial charge in [0.05, 0.1) is 6.10 Å². The SMILES string of the molecule is C[C@@H]1C[C@H](Oc2ncccc2F)CCN1C(=O)Cn1nc(C(=O)N2CCC(O)CC2)c2c1C1[C@@H]3[C@H]2[C@]13C. The molecular weight excluding hydrogens is 477 g/mol. The minimum atomic E-state index is -0.485. The average molecular weight is 510 g/mol. The van der Waals surface area contributed by atoms with Crippen molar-refractivity contribution < 1.29 is 23.8 Å². The van der Waals surface area contributed by atoms with Crippen LogP contribution in [0.5, 0.6) is 5.88 Å². The fourth-order valence-corrected chi connectivity index (χ4v) is 7.42. The monoisotopic (exact) mass is 509 g/mol. The molecule has 2 amide bonds. The minimum Gasteiger partial charge on any atom is -0.472 e. The van der Waals surface area contributed by atoms with Crippen LogP contribution in [0.25, 0.3) is 0 Å². The molecule has 1 N–H and O–H groups in total. The van der Waals surface area contributed by atoms with Crippen molar-refractivity contribution in [2.24, 2.45) is 11.3 Å². The lowest BCUT2D eigenvalue weighted by molar-refractivity contribution is -0.136. The van der Waals surface area contributed by atoms with Crippen LogP contribution in [0.2, 0.25) is 0 Å². The van der Waals surface area contributed by atoms with Crippen molar-refractivity contribution >= 4 is 11.8 Å². The van der Waals surface area contributed by atoms with E-state index in [-0.39, 0.29) is 47.9 Å². The summed E-state index contributed by atoms with van der Waals surface area (Å²) in [5.74, 6) is 0.813. The van der Waals surface area contributed by atoms with Crippen molar-refractivity contribution in [2.75, 3.05) is 19.6 Å². The molecule has 6 aliphatic rings. The zero-order valence-electron chi connectivity index (χ0n) is 21.1. The lowest BCUT2D eigenvalue weighted by Gasteiger charge is -2.37. The number of piperidine rings is 2. The van der Waals surface area contributed by atoms with E-state index in [1.54, 1.807) is 9.58 Å². The Morgan fingerprint density at radius 2 is 1.97 bits per heavy atom. The highest BCUT2D eigenvalue weighted by Crippen LogP contribution is 2.96. The lowest BCUT2D eigenvalue weighted by atomic mass is 10.0. The number of ether oxygens (including phenoxy) is 1. The summed E-state index contributed by atoms with van der Waals surface area (Å²) in [6, 6.07) is 2.78. The molecular formula is C27H32FN5O4. The highest BCUT2D eigenvalue weighted by Gasteiger charge is 2.90. The van der Waals surface area contributed by atoms with Gasteiger partial charge in [0.1, 0.15) is 12.6 Å². The third-order valence-corrected chi connectivity index (χ3v) is 9.58. The molecule has 1 unspecified atom stereocenters.